The zero-order valence-corrected chi connectivity index (χ0v) is 8.39. The maximum Gasteiger partial charge on any atom is 0.123 e. The maximum atomic E-state index is 12.9. The molecule has 0 aromatic heterocycles. The molecule has 1 unspecified atom stereocenters. The molecule has 0 saturated heterocycles. The number of nitrogens with two attached hydrogens (primary N) is 1. The summed E-state index contributed by atoms with van der Waals surface area (Å²) in [5.74, 6) is 5.01. The second-order valence-corrected chi connectivity index (χ2v) is 3.32. The molecule has 14 heavy (non-hydrogen) atoms. The van der Waals surface area contributed by atoms with Gasteiger partial charge in [0.2, 0.25) is 0 Å². The van der Waals surface area contributed by atoms with Crippen LogP contribution in [0, 0.1) is 5.82 Å². The van der Waals surface area contributed by atoms with Crippen LogP contribution in [0.25, 0.3) is 0 Å². The van der Waals surface area contributed by atoms with Crippen LogP contribution < -0.4 is 11.3 Å². The van der Waals surface area contributed by atoms with Gasteiger partial charge in [0.15, 0.2) is 0 Å². The van der Waals surface area contributed by atoms with E-state index in [-0.39, 0.29) is 11.9 Å². The fourth-order valence-corrected chi connectivity index (χ4v) is 1.48. The van der Waals surface area contributed by atoms with E-state index < -0.39 is 0 Å². The smallest absolute Gasteiger partial charge is 0.123 e. The second kappa shape index (κ2) is 5.10. The summed E-state index contributed by atoms with van der Waals surface area (Å²) < 4.78 is 12.9. The minimum atomic E-state index is -0.325. The van der Waals surface area contributed by atoms with E-state index in [2.05, 4.69) is 12.0 Å². The standard InChI is InChI=1S/C10H12ClFN2/c1-2-3-10(14-13)8-6-7(12)4-5-9(8)11/h2,4-6,10,14H,1,3,13H2. The zero-order chi connectivity index (χ0) is 10.6. The largest absolute Gasteiger partial charge is 0.271 e. The minimum absolute atomic E-state index is 0.198. The van der Waals surface area contributed by atoms with Crippen molar-refractivity contribution in [1.29, 1.82) is 0 Å². The van der Waals surface area contributed by atoms with Crippen molar-refractivity contribution >= 4 is 11.6 Å². The van der Waals surface area contributed by atoms with Crippen LogP contribution in [0.2, 0.25) is 5.02 Å². The first-order chi connectivity index (χ1) is 6.69. The molecule has 1 atom stereocenters. The van der Waals surface area contributed by atoms with Gasteiger partial charge < -0.3 is 0 Å². The molecule has 0 heterocycles. The molecule has 0 aliphatic carbocycles. The van der Waals surface area contributed by atoms with Crippen molar-refractivity contribution in [3.8, 4) is 0 Å². The van der Waals surface area contributed by atoms with Gasteiger partial charge in [0.1, 0.15) is 5.82 Å². The summed E-state index contributed by atoms with van der Waals surface area (Å²) in [7, 11) is 0. The number of hydrazine groups is 1. The summed E-state index contributed by atoms with van der Waals surface area (Å²) in [5.41, 5.74) is 3.21. The molecule has 0 amide bonds. The summed E-state index contributed by atoms with van der Waals surface area (Å²) >= 11 is 5.91. The summed E-state index contributed by atoms with van der Waals surface area (Å²) in [4.78, 5) is 0. The van der Waals surface area contributed by atoms with Crippen molar-refractivity contribution in [2.45, 2.75) is 12.5 Å². The lowest BCUT2D eigenvalue weighted by molar-refractivity contribution is 0.553. The molecule has 0 saturated carbocycles. The Hall–Kier alpha value is -0.900. The third-order valence-electron chi connectivity index (χ3n) is 1.94. The van der Waals surface area contributed by atoms with E-state index in [0.29, 0.717) is 17.0 Å². The fourth-order valence-electron chi connectivity index (χ4n) is 1.23. The Morgan fingerprint density at radius 3 is 2.93 bits per heavy atom. The highest BCUT2D eigenvalue weighted by atomic mass is 35.5. The zero-order valence-electron chi connectivity index (χ0n) is 7.63. The van der Waals surface area contributed by atoms with Gasteiger partial charge >= 0.3 is 0 Å². The summed E-state index contributed by atoms with van der Waals surface area (Å²) in [5, 5.41) is 0.496. The second-order valence-electron chi connectivity index (χ2n) is 2.91. The van der Waals surface area contributed by atoms with Crippen molar-refractivity contribution in [2.75, 3.05) is 0 Å². The van der Waals surface area contributed by atoms with E-state index in [1.54, 1.807) is 6.08 Å². The topological polar surface area (TPSA) is 38.0 Å². The predicted molar refractivity (Wildman–Crippen MR) is 56.3 cm³/mol. The first-order valence-corrected chi connectivity index (χ1v) is 4.58. The van der Waals surface area contributed by atoms with E-state index >= 15 is 0 Å². The van der Waals surface area contributed by atoms with Crippen LogP contribution in [0.15, 0.2) is 30.9 Å². The number of halogens is 2. The van der Waals surface area contributed by atoms with Gasteiger partial charge in [0.05, 0.1) is 6.04 Å². The fraction of sp³-hybridized carbons (Fsp3) is 0.200. The lowest BCUT2D eigenvalue weighted by Crippen LogP contribution is -2.27. The number of rotatable bonds is 4. The van der Waals surface area contributed by atoms with Gasteiger partial charge in [-0.25, -0.2) is 4.39 Å². The maximum absolute atomic E-state index is 12.9. The van der Waals surface area contributed by atoms with Crippen LogP contribution in [0.3, 0.4) is 0 Å². The van der Waals surface area contributed by atoms with Crippen LogP contribution in [0.1, 0.15) is 18.0 Å². The normalized spacial score (nSPS) is 12.5. The van der Waals surface area contributed by atoms with E-state index in [1.165, 1.54) is 18.2 Å². The van der Waals surface area contributed by atoms with Crippen molar-refractivity contribution in [2.24, 2.45) is 5.84 Å². The van der Waals surface area contributed by atoms with Crippen LogP contribution >= 0.6 is 11.6 Å². The van der Waals surface area contributed by atoms with Gasteiger partial charge in [0, 0.05) is 5.02 Å². The third-order valence-corrected chi connectivity index (χ3v) is 2.28. The predicted octanol–water partition coefficient (Wildman–Crippen LogP) is 2.56. The lowest BCUT2D eigenvalue weighted by Gasteiger charge is -2.15. The average Bonchev–Trinajstić information content (AvgIpc) is 2.18. The van der Waals surface area contributed by atoms with Gasteiger partial charge in [-0.15, -0.1) is 6.58 Å². The molecule has 1 rings (SSSR count). The van der Waals surface area contributed by atoms with Gasteiger partial charge in [0.25, 0.3) is 0 Å². The van der Waals surface area contributed by atoms with E-state index in [0.717, 1.165) is 0 Å². The lowest BCUT2D eigenvalue weighted by atomic mass is 10.0. The Morgan fingerprint density at radius 2 is 2.36 bits per heavy atom. The summed E-state index contributed by atoms with van der Waals surface area (Å²) in [6.07, 6.45) is 2.30. The van der Waals surface area contributed by atoms with E-state index in [9.17, 15) is 4.39 Å². The molecule has 1 aromatic rings. The first kappa shape index (κ1) is 11.2. The van der Waals surface area contributed by atoms with Gasteiger partial charge in [-0.3, -0.25) is 11.3 Å². The van der Waals surface area contributed by atoms with Crippen molar-refractivity contribution in [3.05, 3.63) is 47.3 Å². The van der Waals surface area contributed by atoms with Crippen LogP contribution in [-0.2, 0) is 0 Å². The quantitative estimate of drug-likeness (QED) is 0.459. The Labute approximate surface area is 87.5 Å². The summed E-state index contributed by atoms with van der Waals surface area (Å²) in [6.45, 7) is 3.59. The highest BCUT2D eigenvalue weighted by Crippen LogP contribution is 2.25. The molecule has 0 spiro atoms. The van der Waals surface area contributed by atoms with Crippen molar-refractivity contribution in [1.82, 2.24) is 5.43 Å². The molecule has 0 aliphatic heterocycles. The van der Waals surface area contributed by atoms with E-state index in [1.807, 2.05) is 0 Å². The third kappa shape index (κ3) is 2.54. The van der Waals surface area contributed by atoms with E-state index in [4.69, 9.17) is 17.4 Å². The van der Waals surface area contributed by atoms with Crippen molar-refractivity contribution in [3.63, 3.8) is 0 Å². The Bertz CT molecular complexity index is 328. The molecule has 76 valence electrons. The first-order valence-electron chi connectivity index (χ1n) is 4.21. The Morgan fingerprint density at radius 1 is 1.64 bits per heavy atom. The van der Waals surface area contributed by atoms with Gasteiger partial charge in [-0.2, -0.15) is 0 Å². The summed E-state index contributed by atoms with van der Waals surface area (Å²) in [6, 6.07) is 4.00. The highest BCUT2D eigenvalue weighted by molar-refractivity contribution is 6.31. The minimum Gasteiger partial charge on any atom is -0.271 e. The van der Waals surface area contributed by atoms with Crippen LogP contribution in [-0.4, -0.2) is 0 Å². The average molecular weight is 215 g/mol. The highest BCUT2D eigenvalue weighted by Gasteiger charge is 2.12. The number of benzene rings is 1. The molecule has 0 bridgehead atoms. The molecule has 0 aliphatic rings. The Balaban J connectivity index is 3.01. The molecular weight excluding hydrogens is 203 g/mol. The molecule has 1 aromatic carbocycles. The molecule has 4 heteroatoms. The molecule has 0 fully saturated rings. The number of hydrogen-bond donors (Lipinski definition) is 2. The van der Waals surface area contributed by atoms with Crippen LogP contribution in [0.5, 0.6) is 0 Å². The number of nitrogens with one attached hydrogen (secondary N) is 1. The SMILES string of the molecule is C=CCC(NN)c1cc(F)ccc1Cl. The molecule has 2 nitrogen and oxygen atoms in total. The molecule has 0 radical (unpaired) electrons. The van der Waals surface area contributed by atoms with Crippen molar-refractivity contribution < 1.29 is 4.39 Å². The van der Waals surface area contributed by atoms with Gasteiger partial charge in [-0.05, 0) is 30.2 Å². The Kier molecular flexibility index (Phi) is 4.07. The monoisotopic (exact) mass is 214 g/mol. The van der Waals surface area contributed by atoms with Crippen LogP contribution in [0.4, 0.5) is 4.39 Å². The van der Waals surface area contributed by atoms with Gasteiger partial charge in [-0.1, -0.05) is 17.7 Å². The molecular formula is C10H12ClFN2. The molecule has 3 N–H and O–H groups in total. The number of hydrogen-bond acceptors (Lipinski definition) is 2.